The molecular formula is C18H20N2O6S. The number of sulfonamides is 1. The van der Waals surface area contributed by atoms with Crippen molar-refractivity contribution in [2.45, 2.75) is 6.54 Å². The van der Waals surface area contributed by atoms with Crippen LogP contribution in [0.3, 0.4) is 0 Å². The Morgan fingerprint density at radius 3 is 2.56 bits per heavy atom. The summed E-state index contributed by atoms with van der Waals surface area (Å²) in [6.45, 7) is 0.403. The van der Waals surface area contributed by atoms with Gasteiger partial charge < -0.3 is 19.5 Å². The van der Waals surface area contributed by atoms with Crippen molar-refractivity contribution < 1.29 is 27.4 Å². The van der Waals surface area contributed by atoms with E-state index in [0.717, 1.165) is 16.1 Å². The molecule has 0 aliphatic carbocycles. The summed E-state index contributed by atoms with van der Waals surface area (Å²) in [5.41, 5.74) is 1.40. The molecule has 0 aromatic heterocycles. The van der Waals surface area contributed by atoms with Crippen molar-refractivity contribution in [1.82, 2.24) is 5.32 Å². The highest BCUT2D eigenvalue weighted by molar-refractivity contribution is 7.92. The third kappa shape index (κ3) is 4.82. The predicted molar refractivity (Wildman–Crippen MR) is 99.6 cm³/mol. The summed E-state index contributed by atoms with van der Waals surface area (Å²) >= 11 is 0. The van der Waals surface area contributed by atoms with E-state index in [1.807, 2.05) is 12.1 Å². The van der Waals surface area contributed by atoms with Crippen LogP contribution in [-0.4, -0.2) is 41.0 Å². The number of rotatable bonds is 7. The summed E-state index contributed by atoms with van der Waals surface area (Å²) in [6, 6.07) is 11.9. The summed E-state index contributed by atoms with van der Waals surface area (Å²) in [7, 11) is -1.85. The van der Waals surface area contributed by atoms with Crippen LogP contribution in [0.4, 0.5) is 5.69 Å². The molecule has 9 heteroatoms. The normalized spacial score (nSPS) is 12.5. The quantitative estimate of drug-likeness (QED) is 0.768. The molecule has 0 unspecified atom stereocenters. The molecule has 27 heavy (non-hydrogen) atoms. The lowest BCUT2D eigenvalue weighted by Crippen LogP contribution is -2.28. The van der Waals surface area contributed by atoms with Crippen LogP contribution in [0, 0.1) is 0 Å². The third-order valence-corrected chi connectivity index (χ3v) is 5.20. The molecule has 2 aromatic rings. The molecule has 1 amide bonds. The van der Waals surface area contributed by atoms with Gasteiger partial charge in [0.05, 0.1) is 11.9 Å². The van der Waals surface area contributed by atoms with Crippen LogP contribution in [0.5, 0.6) is 17.2 Å². The first-order valence-electron chi connectivity index (χ1n) is 8.15. The molecule has 3 rings (SSSR count). The Balaban J connectivity index is 1.48. The second kappa shape index (κ2) is 7.75. The van der Waals surface area contributed by atoms with Crippen LogP contribution >= 0.6 is 0 Å². The van der Waals surface area contributed by atoms with Crippen molar-refractivity contribution in [2.24, 2.45) is 0 Å². The van der Waals surface area contributed by atoms with Gasteiger partial charge in [-0.05, 0) is 42.0 Å². The summed E-state index contributed by atoms with van der Waals surface area (Å²) in [4.78, 5) is 12.0. The van der Waals surface area contributed by atoms with Gasteiger partial charge in [0.1, 0.15) is 5.75 Å². The van der Waals surface area contributed by atoms with E-state index in [0.29, 0.717) is 29.5 Å². The Labute approximate surface area is 157 Å². The largest absolute Gasteiger partial charge is 0.484 e. The molecule has 1 aliphatic heterocycles. The second-order valence-electron chi connectivity index (χ2n) is 5.98. The van der Waals surface area contributed by atoms with Gasteiger partial charge >= 0.3 is 0 Å². The smallest absolute Gasteiger partial charge is 0.258 e. The van der Waals surface area contributed by atoms with Crippen LogP contribution in [0.1, 0.15) is 5.56 Å². The van der Waals surface area contributed by atoms with E-state index in [4.69, 9.17) is 14.2 Å². The number of carbonyl (C=O) groups is 1. The summed E-state index contributed by atoms with van der Waals surface area (Å²) in [6.07, 6.45) is 1.13. The minimum absolute atomic E-state index is 0.147. The SMILES string of the molecule is CN(c1ccc(OCC(=O)NCc2ccc3c(c2)OCO3)cc1)S(C)(=O)=O. The van der Waals surface area contributed by atoms with Gasteiger partial charge in [-0.3, -0.25) is 9.10 Å². The minimum Gasteiger partial charge on any atom is -0.484 e. The molecule has 0 radical (unpaired) electrons. The maximum absolute atomic E-state index is 12.0. The standard InChI is InChI=1S/C18H20N2O6S/c1-20(27(2,22)23)14-4-6-15(7-5-14)24-11-18(21)19-10-13-3-8-16-17(9-13)26-12-25-16/h3-9H,10-12H2,1-2H3,(H,19,21). The third-order valence-electron chi connectivity index (χ3n) is 3.99. The van der Waals surface area contributed by atoms with E-state index in [2.05, 4.69) is 5.32 Å². The van der Waals surface area contributed by atoms with Crippen molar-refractivity contribution in [3.8, 4) is 17.2 Å². The van der Waals surface area contributed by atoms with Gasteiger partial charge in [0, 0.05) is 13.6 Å². The Bertz CT molecular complexity index is 927. The average Bonchev–Trinajstić information content (AvgIpc) is 3.11. The molecule has 1 aliphatic rings. The number of hydrogen-bond donors (Lipinski definition) is 1. The fourth-order valence-corrected chi connectivity index (χ4v) is 2.90. The van der Waals surface area contributed by atoms with Crippen molar-refractivity contribution in [3.63, 3.8) is 0 Å². The van der Waals surface area contributed by atoms with E-state index in [9.17, 15) is 13.2 Å². The number of fused-ring (bicyclic) bond motifs is 1. The molecule has 2 aromatic carbocycles. The van der Waals surface area contributed by atoms with Crippen LogP contribution in [-0.2, 0) is 21.4 Å². The summed E-state index contributed by atoms with van der Waals surface area (Å²) in [5, 5.41) is 2.76. The lowest BCUT2D eigenvalue weighted by Gasteiger charge is -2.16. The Morgan fingerprint density at radius 2 is 1.85 bits per heavy atom. The first-order chi connectivity index (χ1) is 12.8. The number of nitrogens with one attached hydrogen (secondary N) is 1. The molecule has 144 valence electrons. The number of anilines is 1. The molecular weight excluding hydrogens is 372 g/mol. The van der Waals surface area contributed by atoms with Crippen LogP contribution < -0.4 is 23.8 Å². The molecule has 0 atom stereocenters. The first-order valence-corrected chi connectivity index (χ1v) is 10.00. The van der Waals surface area contributed by atoms with Crippen LogP contribution in [0.2, 0.25) is 0 Å². The number of ether oxygens (including phenoxy) is 3. The zero-order valence-electron chi connectivity index (χ0n) is 15.0. The van der Waals surface area contributed by atoms with Crippen molar-refractivity contribution in [3.05, 3.63) is 48.0 Å². The second-order valence-corrected chi connectivity index (χ2v) is 7.99. The minimum atomic E-state index is -3.32. The van der Waals surface area contributed by atoms with Gasteiger partial charge in [-0.25, -0.2) is 8.42 Å². The Morgan fingerprint density at radius 1 is 1.15 bits per heavy atom. The number of benzene rings is 2. The average molecular weight is 392 g/mol. The fraction of sp³-hybridized carbons (Fsp3) is 0.278. The maximum atomic E-state index is 12.0. The molecule has 0 spiro atoms. The van der Waals surface area contributed by atoms with E-state index in [1.165, 1.54) is 7.05 Å². The molecule has 0 saturated heterocycles. The number of carbonyl (C=O) groups excluding carboxylic acids is 1. The van der Waals surface area contributed by atoms with Crippen molar-refractivity contribution in [2.75, 3.05) is 31.0 Å². The highest BCUT2D eigenvalue weighted by Gasteiger charge is 2.14. The molecule has 8 nitrogen and oxygen atoms in total. The van der Waals surface area contributed by atoms with Crippen molar-refractivity contribution >= 4 is 21.6 Å². The fourth-order valence-electron chi connectivity index (χ4n) is 2.40. The summed E-state index contributed by atoms with van der Waals surface area (Å²) in [5.74, 6) is 1.56. The predicted octanol–water partition coefficient (Wildman–Crippen LogP) is 1.51. The van der Waals surface area contributed by atoms with Gasteiger partial charge in [0.25, 0.3) is 5.91 Å². The molecule has 1 N–H and O–H groups in total. The van der Waals surface area contributed by atoms with E-state index >= 15 is 0 Å². The zero-order valence-corrected chi connectivity index (χ0v) is 15.8. The van der Waals surface area contributed by atoms with E-state index in [-0.39, 0.29) is 19.3 Å². The molecule has 1 heterocycles. The van der Waals surface area contributed by atoms with Crippen LogP contribution in [0.25, 0.3) is 0 Å². The highest BCUT2D eigenvalue weighted by Crippen LogP contribution is 2.32. The lowest BCUT2D eigenvalue weighted by atomic mass is 10.2. The maximum Gasteiger partial charge on any atom is 0.258 e. The van der Waals surface area contributed by atoms with E-state index in [1.54, 1.807) is 30.3 Å². The first kappa shape index (κ1) is 18.8. The Hall–Kier alpha value is -2.94. The molecule has 0 saturated carbocycles. The molecule has 0 fully saturated rings. The van der Waals surface area contributed by atoms with Gasteiger partial charge in [-0.1, -0.05) is 6.07 Å². The lowest BCUT2D eigenvalue weighted by molar-refractivity contribution is -0.123. The van der Waals surface area contributed by atoms with Gasteiger partial charge in [-0.15, -0.1) is 0 Å². The topological polar surface area (TPSA) is 94.2 Å². The highest BCUT2D eigenvalue weighted by atomic mass is 32.2. The van der Waals surface area contributed by atoms with Gasteiger partial charge in [-0.2, -0.15) is 0 Å². The zero-order chi connectivity index (χ0) is 19.4. The Kier molecular flexibility index (Phi) is 5.41. The van der Waals surface area contributed by atoms with Crippen LogP contribution in [0.15, 0.2) is 42.5 Å². The van der Waals surface area contributed by atoms with E-state index < -0.39 is 10.0 Å². The van der Waals surface area contributed by atoms with Crippen molar-refractivity contribution in [1.29, 1.82) is 0 Å². The number of nitrogens with zero attached hydrogens (tertiary/aromatic N) is 1. The number of amides is 1. The van der Waals surface area contributed by atoms with Gasteiger partial charge in [0.15, 0.2) is 18.1 Å². The molecule has 0 bridgehead atoms. The number of hydrogen-bond acceptors (Lipinski definition) is 6. The monoisotopic (exact) mass is 392 g/mol. The van der Waals surface area contributed by atoms with Gasteiger partial charge in [0.2, 0.25) is 16.8 Å². The summed E-state index contributed by atoms with van der Waals surface area (Å²) < 4.78 is 40.1.